The number of rotatable bonds is 6. The highest BCUT2D eigenvalue weighted by molar-refractivity contribution is 5.96. The molecule has 1 saturated heterocycles. The first kappa shape index (κ1) is 20.1. The summed E-state index contributed by atoms with van der Waals surface area (Å²) in [6, 6.07) is 16.4. The van der Waals surface area contributed by atoms with E-state index in [0.29, 0.717) is 11.5 Å². The van der Waals surface area contributed by atoms with Crippen molar-refractivity contribution in [3.05, 3.63) is 70.8 Å². The lowest BCUT2D eigenvalue weighted by Crippen LogP contribution is -2.44. The maximum Gasteiger partial charge on any atom is 0.251 e. The van der Waals surface area contributed by atoms with Crippen LogP contribution in [-0.4, -0.2) is 35.8 Å². The van der Waals surface area contributed by atoms with Crippen LogP contribution in [0.5, 0.6) is 0 Å². The van der Waals surface area contributed by atoms with Gasteiger partial charge in [0.15, 0.2) is 0 Å². The summed E-state index contributed by atoms with van der Waals surface area (Å²) in [4.78, 5) is 27.3. The lowest BCUT2D eigenvalue weighted by Gasteiger charge is -2.31. The molecule has 148 valence electrons. The van der Waals surface area contributed by atoms with E-state index < -0.39 is 0 Å². The minimum absolute atomic E-state index is 0.00889. The second-order valence-electron chi connectivity index (χ2n) is 7.78. The number of nitrogens with one attached hydrogen (secondary N) is 1. The van der Waals surface area contributed by atoms with E-state index in [1.165, 1.54) is 5.56 Å². The third-order valence-corrected chi connectivity index (χ3v) is 5.64. The molecule has 1 heterocycles. The van der Waals surface area contributed by atoms with Gasteiger partial charge in [0.05, 0.1) is 6.54 Å². The van der Waals surface area contributed by atoms with Gasteiger partial charge in [-0.1, -0.05) is 54.4 Å². The topological polar surface area (TPSA) is 49.4 Å². The van der Waals surface area contributed by atoms with E-state index in [9.17, 15) is 9.59 Å². The number of benzene rings is 2. The Morgan fingerprint density at radius 3 is 2.43 bits per heavy atom. The fourth-order valence-electron chi connectivity index (χ4n) is 4.42. The maximum atomic E-state index is 12.9. The summed E-state index contributed by atoms with van der Waals surface area (Å²) in [7, 11) is 0. The van der Waals surface area contributed by atoms with Crippen molar-refractivity contribution >= 4 is 11.8 Å². The molecule has 2 aromatic carbocycles. The molecule has 4 heteroatoms. The van der Waals surface area contributed by atoms with Gasteiger partial charge in [-0.3, -0.25) is 9.59 Å². The van der Waals surface area contributed by atoms with Crippen molar-refractivity contribution in [2.24, 2.45) is 0 Å². The van der Waals surface area contributed by atoms with Crippen molar-refractivity contribution in [1.82, 2.24) is 10.2 Å². The van der Waals surface area contributed by atoms with Crippen LogP contribution in [0.15, 0.2) is 48.5 Å². The SMILES string of the molecule is CC[C@H](c1ccccc1)[C@@H]1CCCN1C(=O)CNC(=O)c1cc(C)cc(C)c1. The third-order valence-electron chi connectivity index (χ3n) is 5.64. The Morgan fingerprint density at radius 2 is 1.79 bits per heavy atom. The van der Waals surface area contributed by atoms with E-state index in [1.807, 2.05) is 43.0 Å². The van der Waals surface area contributed by atoms with Gasteiger partial charge in [0.25, 0.3) is 5.91 Å². The molecule has 1 aliphatic rings. The van der Waals surface area contributed by atoms with Crippen LogP contribution in [0.2, 0.25) is 0 Å². The van der Waals surface area contributed by atoms with Gasteiger partial charge >= 0.3 is 0 Å². The van der Waals surface area contributed by atoms with Crippen molar-refractivity contribution in [3.8, 4) is 0 Å². The molecule has 2 aromatic rings. The number of likely N-dealkylation sites (tertiary alicyclic amines) is 1. The van der Waals surface area contributed by atoms with E-state index >= 15 is 0 Å². The molecular formula is C24H30N2O2. The predicted molar refractivity (Wildman–Crippen MR) is 112 cm³/mol. The lowest BCUT2D eigenvalue weighted by molar-refractivity contribution is -0.131. The molecule has 4 nitrogen and oxygen atoms in total. The largest absolute Gasteiger partial charge is 0.343 e. The van der Waals surface area contributed by atoms with Crippen molar-refractivity contribution < 1.29 is 9.59 Å². The summed E-state index contributed by atoms with van der Waals surface area (Å²) in [6.07, 6.45) is 3.03. The van der Waals surface area contributed by atoms with Crippen LogP contribution >= 0.6 is 0 Å². The van der Waals surface area contributed by atoms with Crippen molar-refractivity contribution in [2.75, 3.05) is 13.1 Å². The zero-order chi connectivity index (χ0) is 20.1. The van der Waals surface area contributed by atoms with Gasteiger partial charge in [-0.25, -0.2) is 0 Å². The Kier molecular flexibility index (Phi) is 6.50. The Labute approximate surface area is 167 Å². The van der Waals surface area contributed by atoms with Gasteiger partial charge in [0, 0.05) is 24.1 Å². The van der Waals surface area contributed by atoms with E-state index in [2.05, 4.69) is 36.5 Å². The Hall–Kier alpha value is -2.62. The zero-order valence-corrected chi connectivity index (χ0v) is 17.1. The molecule has 0 radical (unpaired) electrons. The molecule has 2 atom stereocenters. The summed E-state index contributed by atoms with van der Waals surface area (Å²) in [5.74, 6) is 0.156. The predicted octanol–water partition coefficient (Wildman–Crippen LogP) is 4.22. The van der Waals surface area contributed by atoms with Gasteiger partial charge in [-0.15, -0.1) is 0 Å². The molecule has 1 fully saturated rings. The summed E-state index contributed by atoms with van der Waals surface area (Å²) in [5, 5.41) is 2.82. The van der Waals surface area contributed by atoms with Gasteiger partial charge < -0.3 is 10.2 Å². The molecule has 0 unspecified atom stereocenters. The molecule has 0 saturated carbocycles. The average molecular weight is 379 g/mol. The molecule has 1 aliphatic heterocycles. The molecule has 0 aromatic heterocycles. The lowest BCUT2D eigenvalue weighted by atomic mass is 9.87. The zero-order valence-electron chi connectivity index (χ0n) is 17.1. The molecule has 28 heavy (non-hydrogen) atoms. The second-order valence-corrected chi connectivity index (χ2v) is 7.78. The Bertz CT molecular complexity index is 812. The van der Waals surface area contributed by atoms with Crippen LogP contribution in [0.4, 0.5) is 0 Å². The van der Waals surface area contributed by atoms with Gasteiger partial charge in [0.2, 0.25) is 5.91 Å². The van der Waals surface area contributed by atoms with Crippen molar-refractivity contribution in [3.63, 3.8) is 0 Å². The minimum Gasteiger partial charge on any atom is -0.343 e. The van der Waals surface area contributed by atoms with Gasteiger partial charge in [-0.2, -0.15) is 0 Å². The maximum absolute atomic E-state index is 12.9. The number of nitrogens with zero attached hydrogens (tertiary/aromatic N) is 1. The average Bonchev–Trinajstić information content (AvgIpc) is 3.16. The molecular weight excluding hydrogens is 348 g/mol. The second kappa shape index (κ2) is 9.05. The first-order valence-electron chi connectivity index (χ1n) is 10.2. The number of carbonyl (C=O) groups is 2. The number of aryl methyl sites for hydroxylation is 2. The van der Waals surface area contributed by atoms with Crippen LogP contribution in [0.3, 0.4) is 0 Å². The van der Waals surface area contributed by atoms with E-state index in [1.54, 1.807) is 0 Å². The molecule has 2 amide bonds. The van der Waals surface area contributed by atoms with Crippen LogP contribution in [0, 0.1) is 13.8 Å². The van der Waals surface area contributed by atoms with Crippen LogP contribution in [0.1, 0.15) is 59.2 Å². The fraction of sp³-hybridized carbons (Fsp3) is 0.417. The summed E-state index contributed by atoms with van der Waals surface area (Å²) >= 11 is 0. The molecule has 0 bridgehead atoms. The van der Waals surface area contributed by atoms with Crippen LogP contribution in [-0.2, 0) is 4.79 Å². The van der Waals surface area contributed by atoms with E-state index in [0.717, 1.165) is 36.9 Å². The van der Waals surface area contributed by atoms with Crippen LogP contribution < -0.4 is 5.32 Å². The summed E-state index contributed by atoms with van der Waals surface area (Å²) < 4.78 is 0. The first-order valence-corrected chi connectivity index (χ1v) is 10.2. The van der Waals surface area contributed by atoms with E-state index in [-0.39, 0.29) is 24.4 Å². The number of carbonyl (C=O) groups excluding carboxylic acids is 2. The molecule has 3 rings (SSSR count). The third kappa shape index (κ3) is 4.61. The molecule has 0 aliphatic carbocycles. The quantitative estimate of drug-likeness (QED) is 0.818. The molecule has 0 spiro atoms. The standard InChI is InChI=1S/C24H30N2O2/c1-4-21(19-9-6-5-7-10-19)22-11-8-12-26(22)23(27)16-25-24(28)20-14-17(2)13-18(3)15-20/h5-7,9-10,13-15,21-22H,4,8,11-12,16H2,1-3H3,(H,25,28)/t21-,22+/m1/s1. The Morgan fingerprint density at radius 1 is 1.11 bits per heavy atom. The number of hydrogen-bond donors (Lipinski definition) is 1. The monoisotopic (exact) mass is 378 g/mol. The summed E-state index contributed by atoms with van der Waals surface area (Å²) in [6.45, 7) is 6.94. The highest BCUT2D eigenvalue weighted by atomic mass is 16.2. The number of amides is 2. The van der Waals surface area contributed by atoms with Crippen molar-refractivity contribution in [2.45, 2.75) is 52.0 Å². The fourth-order valence-corrected chi connectivity index (χ4v) is 4.42. The smallest absolute Gasteiger partial charge is 0.251 e. The van der Waals surface area contributed by atoms with Crippen molar-refractivity contribution in [1.29, 1.82) is 0 Å². The Balaban J connectivity index is 1.65. The minimum atomic E-state index is -0.189. The highest BCUT2D eigenvalue weighted by Crippen LogP contribution is 2.33. The van der Waals surface area contributed by atoms with E-state index in [4.69, 9.17) is 0 Å². The summed E-state index contributed by atoms with van der Waals surface area (Å²) in [5.41, 5.74) is 3.99. The molecule has 1 N–H and O–H groups in total. The van der Waals surface area contributed by atoms with Crippen LogP contribution in [0.25, 0.3) is 0 Å². The first-order chi connectivity index (χ1) is 13.5. The number of hydrogen-bond acceptors (Lipinski definition) is 2. The van der Waals surface area contributed by atoms with Gasteiger partial charge in [-0.05, 0) is 50.8 Å². The normalized spacial score (nSPS) is 17.4. The van der Waals surface area contributed by atoms with Gasteiger partial charge in [0.1, 0.15) is 0 Å². The highest BCUT2D eigenvalue weighted by Gasteiger charge is 2.34.